The summed E-state index contributed by atoms with van der Waals surface area (Å²) in [5, 5.41) is 0. The molecule has 5 nitrogen and oxygen atoms in total. The van der Waals surface area contributed by atoms with E-state index < -0.39 is 0 Å². The average Bonchev–Trinajstić information content (AvgIpc) is 3.32. The predicted molar refractivity (Wildman–Crippen MR) is 121 cm³/mol. The number of piperidine rings is 1. The molecule has 2 fully saturated rings. The Labute approximate surface area is 180 Å². The Kier molecular flexibility index (Phi) is 6.25. The normalized spacial score (nSPS) is 18.7. The number of hydrogen-bond acceptors (Lipinski definition) is 6. The maximum Gasteiger partial charge on any atom is 0.266 e. The third-order valence-corrected chi connectivity index (χ3v) is 6.59. The van der Waals surface area contributed by atoms with E-state index in [1.54, 1.807) is 18.1 Å². The number of benzene rings is 1. The van der Waals surface area contributed by atoms with Crippen LogP contribution in [0, 0.1) is 0 Å². The van der Waals surface area contributed by atoms with Crippen LogP contribution in [0.2, 0.25) is 0 Å². The summed E-state index contributed by atoms with van der Waals surface area (Å²) in [6.45, 7) is 2.62. The standard InChI is InChI=1S/C22H24N2O3S2/c1-26-17-7-5-16(6-8-17)11-14-24-21(25)19(29-22(24)28)15-18-9-10-20(27-18)23-12-3-2-4-13-23/h5-10,15H,2-4,11-14H2,1H3/b19-15+. The first kappa shape index (κ1) is 20.0. The quantitative estimate of drug-likeness (QED) is 0.490. The number of carbonyl (C=O) groups is 1. The van der Waals surface area contributed by atoms with Gasteiger partial charge in [0.05, 0.1) is 12.0 Å². The number of thiocarbonyl (C=S) groups is 1. The number of amides is 1. The molecule has 0 spiro atoms. The Morgan fingerprint density at radius 2 is 1.90 bits per heavy atom. The van der Waals surface area contributed by atoms with Gasteiger partial charge in [-0.15, -0.1) is 0 Å². The third kappa shape index (κ3) is 4.67. The summed E-state index contributed by atoms with van der Waals surface area (Å²) in [4.78, 5) is 17.4. The summed E-state index contributed by atoms with van der Waals surface area (Å²) in [7, 11) is 1.65. The van der Waals surface area contributed by atoms with Gasteiger partial charge in [-0.3, -0.25) is 9.69 Å². The van der Waals surface area contributed by atoms with Crippen molar-refractivity contribution in [2.75, 3.05) is 31.6 Å². The van der Waals surface area contributed by atoms with Gasteiger partial charge in [-0.05, 0) is 49.4 Å². The predicted octanol–water partition coefficient (Wildman–Crippen LogP) is 4.72. The van der Waals surface area contributed by atoms with Crippen molar-refractivity contribution in [1.29, 1.82) is 0 Å². The van der Waals surface area contributed by atoms with Crippen LogP contribution in [0.15, 0.2) is 45.7 Å². The number of hydrogen-bond donors (Lipinski definition) is 0. The maximum atomic E-state index is 12.8. The fourth-order valence-corrected chi connectivity index (χ4v) is 4.85. The number of thioether (sulfide) groups is 1. The van der Waals surface area contributed by atoms with Crippen LogP contribution in [-0.4, -0.2) is 41.9 Å². The van der Waals surface area contributed by atoms with Crippen LogP contribution in [0.4, 0.5) is 5.88 Å². The van der Waals surface area contributed by atoms with E-state index in [0.717, 1.165) is 36.7 Å². The summed E-state index contributed by atoms with van der Waals surface area (Å²) >= 11 is 6.78. The minimum Gasteiger partial charge on any atom is -0.497 e. The number of nitrogens with zero attached hydrogens (tertiary/aromatic N) is 2. The summed E-state index contributed by atoms with van der Waals surface area (Å²) in [6, 6.07) is 11.8. The molecule has 1 aromatic heterocycles. The number of rotatable bonds is 6. The molecule has 0 saturated carbocycles. The Hall–Kier alpha value is -2.25. The number of methoxy groups -OCH3 is 1. The number of anilines is 1. The van der Waals surface area contributed by atoms with E-state index in [0.29, 0.717) is 21.5 Å². The topological polar surface area (TPSA) is 45.9 Å². The van der Waals surface area contributed by atoms with Gasteiger partial charge in [0, 0.05) is 31.8 Å². The van der Waals surface area contributed by atoms with Crippen molar-refractivity contribution in [2.24, 2.45) is 0 Å². The molecule has 2 aliphatic heterocycles. The molecule has 0 aliphatic carbocycles. The molecular formula is C22H24N2O3S2. The first-order valence-corrected chi connectivity index (χ1v) is 11.1. The van der Waals surface area contributed by atoms with E-state index in [-0.39, 0.29) is 5.91 Å². The number of furan rings is 1. The lowest BCUT2D eigenvalue weighted by Crippen LogP contribution is -2.30. The van der Waals surface area contributed by atoms with Gasteiger partial charge in [0.25, 0.3) is 5.91 Å². The molecule has 7 heteroatoms. The SMILES string of the molecule is COc1ccc(CCN2C(=O)/C(=C\c3ccc(N4CCCCC4)o3)SC2=S)cc1. The zero-order valence-electron chi connectivity index (χ0n) is 16.4. The third-order valence-electron chi connectivity index (χ3n) is 5.21. The lowest BCUT2D eigenvalue weighted by Gasteiger charge is -2.25. The second-order valence-electron chi connectivity index (χ2n) is 7.16. The molecule has 152 valence electrons. The van der Waals surface area contributed by atoms with Crippen LogP contribution in [0.25, 0.3) is 6.08 Å². The zero-order valence-corrected chi connectivity index (χ0v) is 18.1. The van der Waals surface area contributed by atoms with Gasteiger partial charge in [-0.25, -0.2) is 0 Å². The molecular weight excluding hydrogens is 404 g/mol. The molecule has 2 saturated heterocycles. The van der Waals surface area contributed by atoms with Crippen molar-refractivity contribution >= 4 is 46.2 Å². The van der Waals surface area contributed by atoms with Crippen molar-refractivity contribution in [3.63, 3.8) is 0 Å². The second kappa shape index (κ2) is 9.05. The molecule has 29 heavy (non-hydrogen) atoms. The average molecular weight is 429 g/mol. The van der Waals surface area contributed by atoms with Crippen molar-refractivity contribution in [3.8, 4) is 5.75 Å². The number of carbonyl (C=O) groups excluding carboxylic acids is 1. The van der Waals surface area contributed by atoms with E-state index in [2.05, 4.69) is 4.90 Å². The molecule has 4 rings (SSSR count). The van der Waals surface area contributed by atoms with E-state index in [9.17, 15) is 4.79 Å². The van der Waals surface area contributed by atoms with Gasteiger partial charge in [0.15, 0.2) is 5.88 Å². The second-order valence-corrected chi connectivity index (χ2v) is 8.83. The van der Waals surface area contributed by atoms with Crippen molar-refractivity contribution in [1.82, 2.24) is 4.90 Å². The van der Waals surface area contributed by atoms with Gasteiger partial charge in [0.1, 0.15) is 15.8 Å². The Bertz CT molecular complexity index is 914. The van der Waals surface area contributed by atoms with Crippen LogP contribution >= 0.6 is 24.0 Å². The molecule has 2 aromatic rings. The van der Waals surface area contributed by atoms with Crippen LogP contribution in [-0.2, 0) is 11.2 Å². The lowest BCUT2D eigenvalue weighted by molar-refractivity contribution is -0.122. The fraction of sp³-hybridized carbons (Fsp3) is 0.364. The van der Waals surface area contributed by atoms with Crippen molar-refractivity contribution in [3.05, 3.63) is 52.6 Å². The minimum atomic E-state index is -0.0514. The van der Waals surface area contributed by atoms with Crippen LogP contribution in [0.3, 0.4) is 0 Å². The summed E-state index contributed by atoms with van der Waals surface area (Å²) in [6.07, 6.45) is 6.22. The molecule has 0 bridgehead atoms. The van der Waals surface area contributed by atoms with Gasteiger partial charge >= 0.3 is 0 Å². The Morgan fingerprint density at radius 3 is 2.62 bits per heavy atom. The van der Waals surface area contributed by atoms with Gasteiger partial charge in [-0.1, -0.05) is 36.1 Å². The summed E-state index contributed by atoms with van der Waals surface area (Å²) in [5.41, 5.74) is 1.14. The largest absolute Gasteiger partial charge is 0.497 e. The molecule has 2 aliphatic rings. The van der Waals surface area contributed by atoms with E-state index in [4.69, 9.17) is 21.4 Å². The lowest BCUT2D eigenvalue weighted by atomic mass is 10.1. The highest BCUT2D eigenvalue weighted by Gasteiger charge is 2.32. The maximum absolute atomic E-state index is 12.8. The number of ether oxygens (including phenoxy) is 1. The van der Waals surface area contributed by atoms with Crippen LogP contribution in [0.1, 0.15) is 30.6 Å². The van der Waals surface area contributed by atoms with Crippen LogP contribution in [0.5, 0.6) is 5.75 Å². The minimum absolute atomic E-state index is 0.0514. The Morgan fingerprint density at radius 1 is 1.14 bits per heavy atom. The smallest absolute Gasteiger partial charge is 0.266 e. The zero-order chi connectivity index (χ0) is 20.2. The molecule has 1 aromatic carbocycles. The fourth-order valence-electron chi connectivity index (χ4n) is 3.56. The molecule has 0 unspecified atom stereocenters. The van der Waals surface area contributed by atoms with Gasteiger partial charge in [0.2, 0.25) is 0 Å². The molecule has 0 N–H and O–H groups in total. The van der Waals surface area contributed by atoms with Crippen molar-refractivity contribution < 1.29 is 13.9 Å². The first-order valence-electron chi connectivity index (χ1n) is 9.87. The van der Waals surface area contributed by atoms with Gasteiger partial charge in [-0.2, -0.15) is 0 Å². The molecule has 1 amide bonds. The first-order chi connectivity index (χ1) is 14.1. The summed E-state index contributed by atoms with van der Waals surface area (Å²) in [5.74, 6) is 2.35. The van der Waals surface area contributed by atoms with E-state index >= 15 is 0 Å². The molecule has 0 atom stereocenters. The molecule has 0 radical (unpaired) electrons. The highest BCUT2D eigenvalue weighted by Crippen LogP contribution is 2.34. The highest BCUT2D eigenvalue weighted by molar-refractivity contribution is 8.26. The highest BCUT2D eigenvalue weighted by atomic mass is 32.2. The van der Waals surface area contributed by atoms with Gasteiger partial charge < -0.3 is 14.1 Å². The summed E-state index contributed by atoms with van der Waals surface area (Å²) < 4.78 is 11.7. The van der Waals surface area contributed by atoms with E-state index in [1.165, 1.54) is 31.0 Å². The van der Waals surface area contributed by atoms with Crippen molar-refractivity contribution in [2.45, 2.75) is 25.7 Å². The monoisotopic (exact) mass is 428 g/mol. The van der Waals surface area contributed by atoms with E-state index in [1.807, 2.05) is 36.4 Å². The molecule has 3 heterocycles. The Balaban J connectivity index is 1.40. The van der Waals surface area contributed by atoms with Crippen LogP contribution < -0.4 is 9.64 Å².